The SMILES string of the molecule is CCCOc1ccc(CCC(=O)NCc2cncc(-c3ccnn3C)c2)cc1. The number of amides is 1. The van der Waals surface area contributed by atoms with E-state index in [0.29, 0.717) is 19.4 Å². The van der Waals surface area contributed by atoms with E-state index in [1.54, 1.807) is 23.3 Å². The van der Waals surface area contributed by atoms with Crippen LogP contribution in [0.5, 0.6) is 5.75 Å². The molecule has 0 atom stereocenters. The summed E-state index contributed by atoms with van der Waals surface area (Å²) in [6.45, 7) is 3.26. The van der Waals surface area contributed by atoms with Gasteiger partial charge in [0.2, 0.25) is 5.91 Å². The van der Waals surface area contributed by atoms with Crippen LogP contribution in [0.1, 0.15) is 30.9 Å². The molecule has 3 rings (SSSR count). The number of carbonyl (C=O) groups is 1. The van der Waals surface area contributed by atoms with E-state index >= 15 is 0 Å². The fourth-order valence-corrected chi connectivity index (χ4v) is 2.90. The van der Waals surface area contributed by atoms with E-state index in [1.807, 2.05) is 43.4 Å². The zero-order chi connectivity index (χ0) is 19.8. The van der Waals surface area contributed by atoms with Crippen molar-refractivity contribution in [3.63, 3.8) is 0 Å². The van der Waals surface area contributed by atoms with E-state index in [2.05, 4.69) is 22.3 Å². The van der Waals surface area contributed by atoms with Crippen molar-refractivity contribution in [1.82, 2.24) is 20.1 Å². The molecular weight excluding hydrogens is 352 g/mol. The number of hydrogen-bond donors (Lipinski definition) is 1. The highest BCUT2D eigenvalue weighted by molar-refractivity contribution is 5.76. The van der Waals surface area contributed by atoms with Crippen molar-refractivity contribution < 1.29 is 9.53 Å². The van der Waals surface area contributed by atoms with Gasteiger partial charge in [-0.05, 0) is 48.2 Å². The Morgan fingerprint density at radius 3 is 2.68 bits per heavy atom. The summed E-state index contributed by atoms with van der Waals surface area (Å²) in [5, 5.41) is 7.15. The van der Waals surface area contributed by atoms with Gasteiger partial charge in [-0.2, -0.15) is 5.10 Å². The number of ether oxygens (including phenoxy) is 1. The average Bonchev–Trinajstić information content (AvgIpc) is 3.16. The molecule has 3 aromatic rings. The van der Waals surface area contributed by atoms with Crippen molar-refractivity contribution in [3.05, 3.63) is 66.1 Å². The van der Waals surface area contributed by atoms with Gasteiger partial charge >= 0.3 is 0 Å². The molecule has 0 saturated carbocycles. The molecule has 0 bridgehead atoms. The van der Waals surface area contributed by atoms with Gasteiger partial charge in [0.1, 0.15) is 5.75 Å². The molecule has 2 aromatic heterocycles. The van der Waals surface area contributed by atoms with Crippen LogP contribution in [0.4, 0.5) is 0 Å². The molecule has 0 radical (unpaired) electrons. The summed E-state index contributed by atoms with van der Waals surface area (Å²) in [4.78, 5) is 16.5. The molecule has 0 saturated heterocycles. The lowest BCUT2D eigenvalue weighted by molar-refractivity contribution is -0.121. The molecule has 146 valence electrons. The predicted octanol–water partition coefficient (Wildman–Crippen LogP) is 3.52. The van der Waals surface area contributed by atoms with Gasteiger partial charge in [-0.25, -0.2) is 0 Å². The van der Waals surface area contributed by atoms with Crippen molar-refractivity contribution in [2.24, 2.45) is 7.05 Å². The van der Waals surface area contributed by atoms with Crippen LogP contribution in [0.3, 0.4) is 0 Å². The monoisotopic (exact) mass is 378 g/mol. The van der Waals surface area contributed by atoms with E-state index in [9.17, 15) is 4.79 Å². The maximum Gasteiger partial charge on any atom is 0.220 e. The molecule has 1 N–H and O–H groups in total. The Labute approximate surface area is 165 Å². The van der Waals surface area contributed by atoms with Gasteiger partial charge in [0.25, 0.3) is 0 Å². The minimum absolute atomic E-state index is 0.0252. The first kappa shape index (κ1) is 19.6. The van der Waals surface area contributed by atoms with Crippen molar-refractivity contribution in [2.45, 2.75) is 32.7 Å². The summed E-state index contributed by atoms with van der Waals surface area (Å²) in [5.74, 6) is 0.896. The highest BCUT2D eigenvalue weighted by Gasteiger charge is 2.06. The number of aryl methyl sites for hydroxylation is 2. The molecule has 0 aliphatic rings. The van der Waals surface area contributed by atoms with Crippen LogP contribution in [0.25, 0.3) is 11.3 Å². The third-order valence-corrected chi connectivity index (χ3v) is 4.44. The lowest BCUT2D eigenvalue weighted by Gasteiger charge is -2.08. The fourth-order valence-electron chi connectivity index (χ4n) is 2.90. The Hall–Kier alpha value is -3.15. The minimum Gasteiger partial charge on any atom is -0.494 e. The van der Waals surface area contributed by atoms with E-state index in [1.165, 1.54) is 0 Å². The Balaban J connectivity index is 1.47. The molecule has 0 aliphatic heterocycles. The second-order valence-electron chi connectivity index (χ2n) is 6.69. The zero-order valence-corrected chi connectivity index (χ0v) is 16.4. The second kappa shape index (κ2) is 9.69. The van der Waals surface area contributed by atoms with Gasteiger partial charge in [-0.1, -0.05) is 19.1 Å². The predicted molar refractivity (Wildman–Crippen MR) is 109 cm³/mol. The lowest BCUT2D eigenvalue weighted by atomic mass is 10.1. The van der Waals surface area contributed by atoms with Crippen LogP contribution in [0.15, 0.2) is 55.0 Å². The first-order valence-corrected chi connectivity index (χ1v) is 9.56. The van der Waals surface area contributed by atoms with Crippen LogP contribution >= 0.6 is 0 Å². The van der Waals surface area contributed by atoms with E-state index < -0.39 is 0 Å². The van der Waals surface area contributed by atoms with Crippen LogP contribution < -0.4 is 10.1 Å². The standard InChI is InChI=1S/C22H26N4O2/c1-3-12-28-20-7-4-17(5-8-20)6-9-22(27)24-15-18-13-19(16-23-14-18)21-10-11-25-26(21)2/h4-5,7-8,10-11,13-14,16H,3,6,9,12,15H2,1-2H3,(H,24,27). The lowest BCUT2D eigenvalue weighted by Crippen LogP contribution is -2.23. The molecule has 0 unspecified atom stereocenters. The largest absolute Gasteiger partial charge is 0.494 e. The fraction of sp³-hybridized carbons (Fsp3) is 0.318. The van der Waals surface area contributed by atoms with Crippen LogP contribution in [-0.4, -0.2) is 27.3 Å². The second-order valence-corrected chi connectivity index (χ2v) is 6.69. The smallest absolute Gasteiger partial charge is 0.220 e. The van der Waals surface area contributed by atoms with Crippen molar-refractivity contribution in [1.29, 1.82) is 0 Å². The molecule has 0 aliphatic carbocycles. The maximum absolute atomic E-state index is 12.2. The van der Waals surface area contributed by atoms with E-state index in [-0.39, 0.29) is 5.91 Å². The van der Waals surface area contributed by atoms with Gasteiger partial charge in [-0.15, -0.1) is 0 Å². The Morgan fingerprint density at radius 1 is 1.14 bits per heavy atom. The van der Waals surface area contributed by atoms with Gasteiger partial charge in [0.15, 0.2) is 0 Å². The third-order valence-electron chi connectivity index (χ3n) is 4.44. The molecule has 0 spiro atoms. The third kappa shape index (κ3) is 5.42. The number of benzene rings is 1. The topological polar surface area (TPSA) is 69.0 Å². The highest BCUT2D eigenvalue weighted by Crippen LogP contribution is 2.18. The summed E-state index contributed by atoms with van der Waals surface area (Å²) >= 11 is 0. The molecular formula is C22H26N4O2. The van der Waals surface area contributed by atoms with Crippen molar-refractivity contribution >= 4 is 5.91 Å². The number of nitrogens with zero attached hydrogens (tertiary/aromatic N) is 3. The van der Waals surface area contributed by atoms with Gasteiger partial charge in [0, 0.05) is 44.2 Å². The number of nitrogens with one attached hydrogen (secondary N) is 1. The number of carbonyl (C=O) groups excluding carboxylic acids is 1. The van der Waals surface area contributed by atoms with Gasteiger partial charge < -0.3 is 10.1 Å². The van der Waals surface area contributed by atoms with Gasteiger partial charge in [0.05, 0.1) is 12.3 Å². The maximum atomic E-state index is 12.2. The summed E-state index contributed by atoms with van der Waals surface area (Å²) in [6, 6.07) is 11.9. The first-order chi connectivity index (χ1) is 13.7. The molecule has 6 nitrogen and oxygen atoms in total. The first-order valence-electron chi connectivity index (χ1n) is 9.56. The summed E-state index contributed by atoms with van der Waals surface area (Å²) < 4.78 is 7.38. The van der Waals surface area contributed by atoms with Crippen LogP contribution in [0.2, 0.25) is 0 Å². The number of pyridine rings is 1. The average molecular weight is 378 g/mol. The molecule has 0 fully saturated rings. The highest BCUT2D eigenvalue weighted by atomic mass is 16.5. The van der Waals surface area contributed by atoms with Crippen molar-refractivity contribution in [3.8, 4) is 17.0 Å². The summed E-state index contributed by atoms with van der Waals surface area (Å²) in [6.07, 6.45) is 7.47. The van der Waals surface area contributed by atoms with E-state index in [0.717, 1.165) is 41.2 Å². The zero-order valence-electron chi connectivity index (χ0n) is 16.4. The minimum atomic E-state index is 0.0252. The molecule has 6 heteroatoms. The Bertz CT molecular complexity index is 903. The molecule has 2 heterocycles. The molecule has 1 aromatic carbocycles. The Morgan fingerprint density at radius 2 is 1.96 bits per heavy atom. The van der Waals surface area contributed by atoms with Gasteiger partial charge in [-0.3, -0.25) is 14.5 Å². The normalized spacial score (nSPS) is 10.6. The molecule has 1 amide bonds. The quantitative estimate of drug-likeness (QED) is 0.619. The summed E-state index contributed by atoms with van der Waals surface area (Å²) in [7, 11) is 1.90. The van der Waals surface area contributed by atoms with Crippen LogP contribution in [0, 0.1) is 0 Å². The Kier molecular flexibility index (Phi) is 6.78. The molecule has 28 heavy (non-hydrogen) atoms. The number of aromatic nitrogens is 3. The number of rotatable bonds is 9. The summed E-state index contributed by atoms with van der Waals surface area (Å²) in [5.41, 5.74) is 4.06. The van der Waals surface area contributed by atoms with Crippen molar-refractivity contribution in [2.75, 3.05) is 6.61 Å². The van der Waals surface area contributed by atoms with E-state index in [4.69, 9.17) is 4.74 Å². The number of hydrogen-bond acceptors (Lipinski definition) is 4. The van der Waals surface area contributed by atoms with Crippen LogP contribution in [-0.2, 0) is 24.8 Å².